The van der Waals surface area contributed by atoms with Gasteiger partial charge in [-0.3, -0.25) is 0 Å². The van der Waals surface area contributed by atoms with Crippen molar-refractivity contribution >= 4 is 11.8 Å². The minimum Gasteiger partial charge on any atom is -0.237 e. The van der Waals surface area contributed by atoms with Crippen LogP contribution in [0.2, 0.25) is 0 Å². The Bertz CT molecular complexity index is 357. The van der Waals surface area contributed by atoms with Crippen LogP contribution in [0.4, 0.5) is 0 Å². The Hall–Kier alpha value is -0.0700. The van der Waals surface area contributed by atoms with Crippen LogP contribution in [0.25, 0.3) is 0 Å². The summed E-state index contributed by atoms with van der Waals surface area (Å²) in [5.74, 6) is 1.47. The lowest BCUT2D eigenvalue weighted by atomic mass is 9.51. The average molecular weight is 347 g/mol. The van der Waals surface area contributed by atoms with Gasteiger partial charge >= 0.3 is 0 Å². The number of allylic oxidation sites excluding steroid dienone is 2. The highest BCUT2D eigenvalue weighted by molar-refractivity contribution is 8.02. The standard InChI is InChI=1S/C18H34O4S/c1-8-19-21-11-18(12-22-20-9-2)14(5)17(15(18)6)16(23-7)10-13(3)4/h13-15H,8-12H2,1-7H3. The third-order valence-corrected chi connectivity index (χ3v) is 5.77. The van der Waals surface area contributed by atoms with E-state index in [1.165, 1.54) is 4.91 Å². The topological polar surface area (TPSA) is 36.9 Å². The van der Waals surface area contributed by atoms with E-state index in [0.29, 0.717) is 44.2 Å². The Morgan fingerprint density at radius 3 is 1.83 bits per heavy atom. The average Bonchev–Trinajstić information content (AvgIpc) is 2.52. The number of thioether (sulfide) groups is 1. The van der Waals surface area contributed by atoms with E-state index >= 15 is 0 Å². The molecule has 0 heterocycles. The molecule has 0 aromatic heterocycles. The fraction of sp³-hybridized carbons (Fsp3) is 0.889. The predicted octanol–water partition coefficient (Wildman–Crippen LogP) is 4.86. The van der Waals surface area contributed by atoms with Gasteiger partial charge in [0.15, 0.2) is 0 Å². The molecule has 1 fully saturated rings. The van der Waals surface area contributed by atoms with Gasteiger partial charge in [0.05, 0.1) is 26.4 Å². The van der Waals surface area contributed by atoms with E-state index in [1.807, 2.05) is 25.6 Å². The fourth-order valence-electron chi connectivity index (χ4n) is 3.46. The van der Waals surface area contributed by atoms with Crippen molar-refractivity contribution in [1.29, 1.82) is 0 Å². The van der Waals surface area contributed by atoms with Gasteiger partial charge in [0, 0.05) is 5.41 Å². The molecule has 0 aliphatic heterocycles. The van der Waals surface area contributed by atoms with Crippen LogP contribution in [0, 0.1) is 23.2 Å². The first-order valence-electron chi connectivity index (χ1n) is 8.70. The van der Waals surface area contributed by atoms with Crippen molar-refractivity contribution in [3.05, 3.63) is 10.5 Å². The third kappa shape index (κ3) is 4.95. The molecule has 1 aliphatic rings. The molecule has 0 N–H and O–H groups in total. The van der Waals surface area contributed by atoms with Gasteiger partial charge in [0.25, 0.3) is 0 Å². The minimum absolute atomic E-state index is 0.0857. The van der Waals surface area contributed by atoms with Crippen molar-refractivity contribution in [1.82, 2.24) is 0 Å². The molecule has 1 rings (SSSR count). The molecular weight excluding hydrogens is 312 g/mol. The molecule has 1 aliphatic carbocycles. The van der Waals surface area contributed by atoms with Crippen LogP contribution in [0.3, 0.4) is 0 Å². The second kappa shape index (κ2) is 10.0. The van der Waals surface area contributed by atoms with E-state index in [0.717, 1.165) is 6.42 Å². The molecule has 0 aromatic carbocycles. The lowest BCUT2D eigenvalue weighted by molar-refractivity contribution is -0.354. The van der Waals surface area contributed by atoms with Crippen LogP contribution >= 0.6 is 11.8 Å². The summed E-state index contributed by atoms with van der Waals surface area (Å²) in [6.45, 7) is 15.1. The van der Waals surface area contributed by atoms with Crippen molar-refractivity contribution in [2.75, 3.05) is 32.7 Å². The molecule has 1 saturated carbocycles. The number of hydrogen-bond acceptors (Lipinski definition) is 5. The zero-order valence-corrected chi connectivity index (χ0v) is 16.6. The summed E-state index contributed by atoms with van der Waals surface area (Å²) in [5, 5.41) is 0. The maximum atomic E-state index is 5.44. The summed E-state index contributed by atoms with van der Waals surface area (Å²) >= 11 is 1.88. The van der Waals surface area contributed by atoms with Gasteiger partial charge in [0.1, 0.15) is 0 Å². The zero-order chi connectivity index (χ0) is 17.5. The predicted molar refractivity (Wildman–Crippen MR) is 95.9 cm³/mol. The molecule has 0 aromatic rings. The Kier molecular flexibility index (Phi) is 9.16. The van der Waals surface area contributed by atoms with Crippen molar-refractivity contribution in [3.63, 3.8) is 0 Å². The zero-order valence-electron chi connectivity index (χ0n) is 15.8. The maximum absolute atomic E-state index is 5.44. The van der Waals surface area contributed by atoms with E-state index in [4.69, 9.17) is 19.6 Å². The van der Waals surface area contributed by atoms with Gasteiger partial charge in [-0.2, -0.15) is 0 Å². The van der Waals surface area contributed by atoms with Gasteiger partial charge in [0.2, 0.25) is 0 Å². The highest BCUT2D eigenvalue weighted by Gasteiger charge is 2.56. The van der Waals surface area contributed by atoms with Crippen LogP contribution in [0.15, 0.2) is 10.5 Å². The van der Waals surface area contributed by atoms with Crippen LogP contribution < -0.4 is 0 Å². The largest absolute Gasteiger partial charge is 0.237 e. The van der Waals surface area contributed by atoms with E-state index in [1.54, 1.807) is 5.57 Å². The van der Waals surface area contributed by atoms with E-state index < -0.39 is 0 Å². The van der Waals surface area contributed by atoms with Crippen molar-refractivity contribution < 1.29 is 19.6 Å². The van der Waals surface area contributed by atoms with Crippen LogP contribution in [-0.4, -0.2) is 32.7 Å². The van der Waals surface area contributed by atoms with Gasteiger partial charge in [-0.15, -0.1) is 11.8 Å². The summed E-state index contributed by atoms with van der Waals surface area (Å²) in [5.41, 5.74) is 1.46. The molecule has 0 radical (unpaired) electrons. The van der Waals surface area contributed by atoms with Crippen molar-refractivity contribution in [2.24, 2.45) is 23.2 Å². The van der Waals surface area contributed by atoms with E-state index in [2.05, 4.69) is 34.0 Å². The Morgan fingerprint density at radius 2 is 1.48 bits per heavy atom. The van der Waals surface area contributed by atoms with E-state index in [-0.39, 0.29) is 5.41 Å². The first-order chi connectivity index (χ1) is 10.9. The molecule has 136 valence electrons. The highest BCUT2D eigenvalue weighted by Crippen LogP contribution is 2.58. The summed E-state index contributed by atoms with van der Waals surface area (Å²) < 4.78 is 0. The van der Waals surface area contributed by atoms with Gasteiger partial charge in [-0.05, 0) is 49.2 Å². The molecule has 0 amide bonds. The summed E-state index contributed by atoms with van der Waals surface area (Å²) in [4.78, 5) is 22.7. The molecule has 23 heavy (non-hydrogen) atoms. The Balaban J connectivity index is 2.92. The molecule has 2 unspecified atom stereocenters. The highest BCUT2D eigenvalue weighted by atomic mass is 32.2. The molecule has 0 saturated heterocycles. The molecule has 2 atom stereocenters. The smallest absolute Gasteiger partial charge is 0.0913 e. The second-order valence-corrected chi connectivity index (χ2v) is 7.60. The van der Waals surface area contributed by atoms with Gasteiger partial charge in [-0.1, -0.05) is 33.3 Å². The molecule has 5 heteroatoms. The Labute approximate surface area is 146 Å². The van der Waals surface area contributed by atoms with Crippen LogP contribution in [0.5, 0.6) is 0 Å². The first-order valence-corrected chi connectivity index (χ1v) is 9.92. The third-order valence-electron chi connectivity index (χ3n) is 4.88. The molecular formula is C18H34O4S. The second-order valence-electron chi connectivity index (χ2n) is 6.69. The summed E-state index contributed by atoms with van der Waals surface area (Å²) in [6, 6.07) is 0. The molecule has 4 nitrogen and oxygen atoms in total. The van der Waals surface area contributed by atoms with Gasteiger partial charge < -0.3 is 0 Å². The lowest BCUT2D eigenvalue weighted by Crippen LogP contribution is -2.55. The van der Waals surface area contributed by atoms with Crippen molar-refractivity contribution in [2.45, 2.75) is 48.0 Å². The fourth-order valence-corrected chi connectivity index (χ4v) is 4.55. The quantitative estimate of drug-likeness (QED) is 0.303. The maximum Gasteiger partial charge on any atom is 0.0913 e. The van der Waals surface area contributed by atoms with E-state index in [9.17, 15) is 0 Å². The lowest BCUT2D eigenvalue weighted by Gasteiger charge is -2.55. The van der Waals surface area contributed by atoms with Crippen LogP contribution in [-0.2, 0) is 19.6 Å². The summed E-state index contributed by atoms with van der Waals surface area (Å²) in [6.07, 6.45) is 3.32. The van der Waals surface area contributed by atoms with Crippen LogP contribution in [0.1, 0.15) is 48.0 Å². The monoisotopic (exact) mass is 346 g/mol. The Morgan fingerprint density at radius 1 is 1.00 bits per heavy atom. The first kappa shape index (κ1) is 21.0. The minimum atomic E-state index is -0.0857. The van der Waals surface area contributed by atoms with Gasteiger partial charge in [-0.25, -0.2) is 19.6 Å². The molecule has 0 spiro atoms. The molecule has 0 bridgehead atoms. The summed E-state index contributed by atoms with van der Waals surface area (Å²) in [7, 11) is 0. The number of rotatable bonds is 11. The number of hydrogen-bond donors (Lipinski definition) is 0. The SMILES string of the molecule is CCOOCC1(COOCC)C(C)C(=C(CC(C)C)SC)C1C. The van der Waals surface area contributed by atoms with Crippen molar-refractivity contribution in [3.8, 4) is 0 Å². The normalized spacial score (nSPS) is 23.2.